The Morgan fingerprint density at radius 1 is 1.33 bits per heavy atom. The molecule has 0 saturated carbocycles. The maximum Gasteiger partial charge on any atom is 0.139 e. The van der Waals surface area contributed by atoms with Gasteiger partial charge in [0.1, 0.15) is 5.72 Å². The largest absolute Gasteiger partial charge is 0.372 e. The Bertz CT molecular complexity index is 639. The first kappa shape index (κ1) is 14.6. The number of halogens is 1. The molecule has 0 aromatic heterocycles. The molecule has 0 heterocycles. The van der Waals surface area contributed by atoms with E-state index in [-0.39, 0.29) is 6.04 Å². The number of nitrogens with one attached hydrogen (secondary N) is 1. The maximum atomic E-state index is 10.7. The van der Waals surface area contributed by atoms with Gasteiger partial charge in [0, 0.05) is 11.1 Å². The topological polar surface area (TPSA) is 32.3 Å². The first-order valence-electron chi connectivity index (χ1n) is 7.28. The summed E-state index contributed by atoms with van der Waals surface area (Å²) in [6.45, 7) is 1.78. The van der Waals surface area contributed by atoms with Crippen molar-refractivity contribution in [3.8, 4) is 0 Å². The molecule has 2 atom stereocenters. The van der Waals surface area contributed by atoms with Gasteiger partial charge in [-0.2, -0.15) is 0 Å². The Kier molecular flexibility index (Phi) is 4.03. The fourth-order valence-corrected chi connectivity index (χ4v) is 3.21. The second kappa shape index (κ2) is 5.80. The van der Waals surface area contributed by atoms with Crippen LogP contribution in [-0.4, -0.2) is 11.1 Å². The van der Waals surface area contributed by atoms with E-state index in [1.54, 1.807) is 13.0 Å². The first-order valence-corrected chi connectivity index (χ1v) is 7.66. The van der Waals surface area contributed by atoms with Gasteiger partial charge in [0.2, 0.25) is 0 Å². The van der Waals surface area contributed by atoms with Gasteiger partial charge in [-0.1, -0.05) is 41.9 Å². The van der Waals surface area contributed by atoms with Crippen molar-refractivity contribution in [1.82, 2.24) is 5.32 Å². The van der Waals surface area contributed by atoms with E-state index in [1.807, 2.05) is 24.3 Å². The van der Waals surface area contributed by atoms with E-state index in [2.05, 4.69) is 23.5 Å². The fraction of sp³-hybridized carbons (Fsp3) is 0.333. The summed E-state index contributed by atoms with van der Waals surface area (Å²) < 4.78 is 0. The minimum absolute atomic E-state index is 0.252. The van der Waals surface area contributed by atoms with E-state index in [1.165, 1.54) is 11.1 Å². The third kappa shape index (κ3) is 3.29. The zero-order chi connectivity index (χ0) is 14.9. The van der Waals surface area contributed by atoms with Crippen LogP contribution in [0.25, 0.3) is 0 Å². The van der Waals surface area contributed by atoms with Gasteiger partial charge in [-0.15, -0.1) is 0 Å². The highest BCUT2D eigenvalue weighted by Crippen LogP contribution is 2.26. The predicted molar refractivity (Wildman–Crippen MR) is 85.2 cm³/mol. The number of rotatable bonds is 3. The molecule has 0 fully saturated rings. The Morgan fingerprint density at radius 2 is 2.19 bits per heavy atom. The van der Waals surface area contributed by atoms with Gasteiger partial charge in [-0.25, -0.2) is 0 Å². The summed E-state index contributed by atoms with van der Waals surface area (Å²) in [5, 5.41) is 14.7. The van der Waals surface area contributed by atoms with Crippen LogP contribution in [-0.2, 0) is 18.6 Å². The minimum Gasteiger partial charge on any atom is -0.372 e. The summed E-state index contributed by atoms with van der Waals surface area (Å²) in [4.78, 5) is 0. The number of hydrogen-bond donors (Lipinski definition) is 2. The van der Waals surface area contributed by atoms with E-state index in [9.17, 15) is 5.11 Å². The van der Waals surface area contributed by atoms with Crippen LogP contribution in [0.15, 0.2) is 42.5 Å². The molecule has 2 nitrogen and oxygen atoms in total. The van der Waals surface area contributed by atoms with E-state index >= 15 is 0 Å². The van der Waals surface area contributed by atoms with E-state index < -0.39 is 5.72 Å². The van der Waals surface area contributed by atoms with Crippen molar-refractivity contribution in [2.45, 2.75) is 38.0 Å². The molecule has 0 spiro atoms. The van der Waals surface area contributed by atoms with Gasteiger partial charge >= 0.3 is 0 Å². The number of fused-ring (bicyclic) bond motifs is 1. The van der Waals surface area contributed by atoms with Gasteiger partial charge < -0.3 is 5.11 Å². The third-order valence-electron chi connectivity index (χ3n) is 4.15. The fourth-order valence-electron chi connectivity index (χ4n) is 3.02. The quantitative estimate of drug-likeness (QED) is 0.851. The molecular weight excluding hydrogens is 282 g/mol. The monoisotopic (exact) mass is 300 g/mol. The highest BCUT2D eigenvalue weighted by Gasteiger charge is 2.28. The molecule has 0 saturated heterocycles. The van der Waals surface area contributed by atoms with Crippen LogP contribution in [0.2, 0.25) is 5.02 Å². The molecular formula is C18H19ClNO. The Morgan fingerprint density at radius 3 is 3.00 bits per heavy atom. The molecule has 109 valence electrons. The summed E-state index contributed by atoms with van der Waals surface area (Å²) in [5.74, 6) is 0. The summed E-state index contributed by atoms with van der Waals surface area (Å²) >= 11 is 6.02. The van der Waals surface area contributed by atoms with Gasteiger partial charge in [0.15, 0.2) is 0 Å². The summed E-state index contributed by atoms with van der Waals surface area (Å²) in [7, 11) is 0. The molecule has 1 radical (unpaired) electrons. The smallest absolute Gasteiger partial charge is 0.139 e. The van der Waals surface area contributed by atoms with Crippen molar-refractivity contribution in [2.75, 3.05) is 0 Å². The highest BCUT2D eigenvalue weighted by atomic mass is 35.5. The molecule has 0 amide bonds. The van der Waals surface area contributed by atoms with Crippen molar-refractivity contribution < 1.29 is 5.11 Å². The van der Waals surface area contributed by atoms with Crippen molar-refractivity contribution in [1.29, 1.82) is 0 Å². The molecule has 2 aromatic rings. The molecule has 0 bridgehead atoms. The summed E-state index contributed by atoms with van der Waals surface area (Å²) in [6.07, 6.45) is 2.98. The number of hydrogen-bond acceptors (Lipinski definition) is 2. The van der Waals surface area contributed by atoms with Crippen LogP contribution in [0.4, 0.5) is 0 Å². The molecule has 1 aliphatic rings. The first-order chi connectivity index (χ1) is 10.0. The summed E-state index contributed by atoms with van der Waals surface area (Å²) in [5.41, 5.74) is 2.43. The second-order valence-electron chi connectivity index (χ2n) is 5.86. The predicted octanol–water partition coefficient (Wildman–Crippen LogP) is 3.45. The van der Waals surface area contributed by atoms with E-state index in [0.29, 0.717) is 5.02 Å². The molecule has 21 heavy (non-hydrogen) atoms. The third-order valence-corrected chi connectivity index (χ3v) is 4.39. The maximum absolute atomic E-state index is 10.7. The van der Waals surface area contributed by atoms with E-state index in [0.717, 1.165) is 24.8 Å². The van der Waals surface area contributed by atoms with Crippen molar-refractivity contribution in [3.63, 3.8) is 0 Å². The SMILES string of the molecule is C[C@@](O)(N[C@H]1CCc2cc[c]cc2C1)c1cccc(Cl)c1. The van der Waals surface area contributed by atoms with Crippen LogP contribution >= 0.6 is 11.6 Å². The Hall–Kier alpha value is -1.35. The van der Waals surface area contributed by atoms with Crippen LogP contribution in [0.3, 0.4) is 0 Å². The van der Waals surface area contributed by atoms with Crippen LogP contribution in [0, 0.1) is 6.07 Å². The molecule has 0 unspecified atom stereocenters. The molecule has 3 rings (SSSR count). The lowest BCUT2D eigenvalue weighted by molar-refractivity contribution is 0.00584. The lowest BCUT2D eigenvalue weighted by Crippen LogP contribution is -2.48. The van der Waals surface area contributed by atoms with Gasteiger partial charge in [-0.3, -0.25) is 5.32 Å². The summed E-state index contributed by atoms with van der Waals surface area (Å²) in [6, 6.07) is 16.9. The molecule has 1 aliphatic carbocycles. The standard InChI is InChI=1S/C18H19ClNO/c1-18(21,15-7-4-8-16(19)12-15)20-17-10-9-13-5-2-3-6-14(13)11-17/h2,4-8,12,17,20-21H,9-11H2,1H3/t17-,18-/m0/s1. The molecule has 2 N–H and O–H groups in total. The van der Waals surface area contributed by atoms with Crippen LogP contribution in [0.1, 0.15) is 30.0 Å². The second-order valence-corrected chi connectivity index (χ2v) is 6.30. The molecule has 2 aromatic carbocycles. The van der Waals surface area contributed by atoms with Gasteiger partial charge in [-0.05, 0) is 61.1 Å². The van der Waals surface area contributed by atoms with E-state index in [4.69, 9.17) is 11.6 Å². The average Bonchev–Trinajstić information content (AvgIpc) is 2.47. The highest BCUT2D eigenvalue weighted by molar-refractivity contribution is 6.30. The van der Waals surface area contributed by atoms with Gasteiger partial charge in [0.25, 0.3) is 0 Å². The molecule has 3 heteroatoms. The Labute approximate surface area is 130 Å². The number of benzene rings is 2. The lowest BCUT2D eigenvalue weighted by Gasteiger charge is -2.34. The minimum atomic E-state index is -1.08. The zero-order valence-corrected chi connectivity index (χ0v) is 12.8. The molecule has 0 aliphatic heterocycles. The zero-order valence-electron chi connectivity index (χ0n) is 12.1. The normalized spacial score (nSPS) is 20.6. The van der Waals surface area contributed by atoms with Gasteiger partial charge in [0.05, 0.1) is 0 Å². The van der Waals surface area contributed by atoms with Crippen LogP contribution < -0.4 is 5.32 Å². The van der Waals surface area contributed by atoms with Crippen molar-refractivity contribution >= 4 is 11.6 Å². The van der Waals surface area contributed by atoms with Crippen LogP contribution in [0.5, 0.6) is 0 Å². The van der Waals surface area contributed by atoms with Crippen molar-refractivity contribution in [2.24, 2.45) is 0 Å². The lowest BCUT2D eigenvalue weighted by atomic mass is 9.87. The average molecular weight is 301 g/mol. The Balaban J connectivity index is 1.75. The number of aliphatic hydroxyl groups is 1. The van der Waals surface area contributed by atoms with Crippen molar-refractivity contribution in [3.05, 3.63) is 70.2 Å². The number of aryl methyl sites for hydroxylation is 1.